The van der Waals surface area contributed by atoms with E-state index in [0.29, 0.717) is 6.54 Å². The molecule has 0 saturated heterocycles. The molecular formula is C17H20Cl2N2O3S2. The van der Waals surface area contributed by atoms with Gasteiger partial charge in [-0.2, -0.15) is 0 Å². The molecular weight excluding hydrogens is 415 g/mol. The molecule has 0 aliphatic heterocycles. The molecule has 1 aromatic heterocycles. The largest absolute Gasteiger partial charge is 0.347 e. The number of aryl methyl sites for hydroxylation is 1. The number of carbonyl (C=O) groups is 1. The Kier molecular flexibility index (Phi) is 7.10. The third-order valence-electron chi connectivity index (χ3n) is 3.46. The van der Waals surface area contributed by atoms with Gasteiger partial charge < -0.3 is 5.32 Å². The molecule has 0 bridgehead atoms. The molecule has 1 amide bonds. The number of halogens is 2. The lowest BCUT2D eigenvalue weighted by atomic mass is 10.2. The zero-order valence-electron chi connectivity index (χ0n) is 14.6. The van der Waals surface area contributed by atoms with Crippen LogP contribution in [0.2, 0.25) is 10.0 Å². The van der Waals surface area contributed by atoms with E-state index in [-0.39, 0.29) is 33.0 Å². The molecule has 0 radical (unpaired) electrons. The summed E-state index contributed by atoms with van der Waals surface area (Å²) in [6.07, 6.45) is 0. The lowest BCUT2D eigenvalue weighted by Gasteiger charge is -2.13. The monoisotopic (exact) mass is 434 g/mol. The van der Waals surface area contributed by atoms with Crippen LogP contribution in [0.4, 0.5) is 0 Å². The van der Waals surface area contributed by atoms with Crippen LogP contribution in [0.1, 0.15) is 34.0 Å². The highest BCUT2D eigenvalue weighted by atomic mass is 35.5. The van der Waals surface area contributed by atoms with Crippen molar-refractivity contribution < 1.29 is 13.2 Å². The van der Waals surface area contributed by atoms with Crippen molar-refractivity contribution in [3.05, 3.63) is 49.6 Å². The first-order valence-electron chi connectivity index (χ1n) is 7.92. The normalized spacial score (nSPS) is 11.8. The van der Waals surface area contributed by atoms with Crippen LogP contribution in [0.25, 0.3) is 0 Å². The highest BCUT2D eigenvalue weighted by Gasteiger charge is 2.22. The second-order valence-electron chi connectivity index (χ2n) is 6.20. The number of sulfonamides is 1. The maximum Gasteiger partial charge on any atom is 0.253 e. The van der Waals surface area contributed by atoms with Gasteiger partial charge in [0, 0.05) is 16.3 Å². The van der Waals surface area contributed by atoms with Crippen LogP contribution < -0.4 is 10.0 Å². The Labute approximate surface area is 167 Å². The van der Waals surface area contributed by atoms with E-state index in [0.717, 1.165) is 9.75 Å². The Balaban J connectivity index is 2.24. The number of rotatable bonds is 7. The lowest BCUT2D eigenvalue weighted by molar-refractivity contribution is 0.0951. The predicted octanol–water partition coefficient (Wildman–Crippen LogP) is 4.23. The van der Waals surface area contributed by atoms with Crippen LogP contribution in [0, 0.1) is 12.8 Å². The lowest BCUT2D eigenvalue weighted by Crippen LogP contribution is -2.28. The maximum absolute atomic E-state index is 12.5. The average molecular weight is 435 g/mol. The number of hydrogen-bond donors (Lipinski definition) is 2. The summed E-state index contributed by atoms with van der Waals surface area (Å²) in [4.78, 5) is 14.4. The zero-order valence-corrected chi connectivity index (χ0v) is 17.7. The molecule has 2 aromatic rings. The first-order valence-corrected chi connectivity index (χ1v) is 11.0. The van der Waals surface area contributed by atoms with E-state index in [1.165, 1.54) is 12.1 Å². The number of hydrogen-bond acceptors (Lipinski definition) is 4. The average Bonchev–Trinajstić information content (AvgIpc) is 2.96. The van der Waals surface area contributed by atoms with Gasteiger partial charge in [0.25, 0.3) is 5.91 Å². The van der Waals surface area contributed by atoms with Crippen LogP contribution in [0.3, 0.4) is 0 Å². The van der Waals surface area contributed by atoms with Crippen molar-refractivity contribution in [1.29, 1.82) is 0 Å². The minimum absolute atomic E-state index is 0.0308. The zero-order chi connectivity index (χ0) is 19.5. The third-order valence-corrected chi connectivity index (χ3v) is 6.66. The molecule has 2 N–H and O–H groups in total. The van der Waals surface area contributed by atoms with Crippen LogP contribution in [-0.4, -0.2) is 20.9 Å². The molecule has 142 valence electrons. The Hall–Kier alpha value is -1.12. The van der Waals surface area contributed by atoms with Gasteiger partial charge in [-0.25, -0.2) is 13.1 Å². The molecule has 0 spiro atoms. The fourth-order valence-electron chi connectivity index (χ4n) is 2.11. The van der Waals surface area contributed by atoms with Crippen molar-refractivity contribution in [3.8, 4) is 0 Å². The molecule has 2 rings (SSSR count). The Morgan fingerprint density at radius 1 is 1.19 bits per heavy atom. The number of benzene rings is 1. The fraction of sp³-hybridized carbons (Fsp3) is 0.353. The molecule has 1 aromatic carbocycles. The summed E-state index contributed by atoms with van der Waals surface area (Å²) in [5.41, 5.74) is 0.0641. The number of thiophene rings is 1. The van der Waals surface area contributed by atoms with Gasteiger partial charge in [0.15, 0.2) is 0 Å². The van der Waals surface area contributed by atoms with E-state index in [1.807, 2.05) is 32.9 Å². The predicted molar refractivity (Wildman–Crippen MR) is 107 cm³/mol. The number of amides is 1. The smallest absolute Gasteiger partial charge is 0.253 e. The van der Waals surface area contributed by atoms with Gasteiger partial charge in [0.05, 0.1) is 22.2 Å². The van der Waals surface area contributed by atoms with Crippen molar-refractivity contribution in [2.75, 3.05) is 6.54 Å². The first-order chi connectivity index (χ1) is 12.1. The second kappa shape index (κ2) is 8.71. The molecule has 0 fully saturated rings. The van der Waals surface area contributed by atoms with Crippen molar-refractivity contribution in [2.45, 2.75) is 32.2 Å². The summed E-state index contributed by atoms with van der Waals surface area (Å²) >= 11 is 13.7. The summed E-state index contributed by atoms with van der Waals surface area (Å²) in [7, 11) is -3.84. The Morgan fingerprint density at radius 2 is 1.88 bits per heavy atom. The Bertz CT molecular complexity index is 909. The van der Waals surface area contributed by atoms with E-state index >= 15 is 0 Å². The van der Waals surface area contributed by atoms with Gasteiger partial charge in [0.2, 0.25) is 10.0 Å². The molecule has 26 heavy (non-hydrogen) atoms. The van der Waals surface area contributed by atoms with Crippen LogP contribution in [0.5, 0.6) is 0 Å². The van der Waals surface area contributed by atoms with Crippen molar-refractivity contribution in [2.24, 2.45) is 5.92 Å². The van der Waals surface area contributed by atoms with Gasteiger partial charge in [-0.1, -0.05) is 37.0 Å². The maximum atomic E-state index is 12.5. The highest BCUT2D eigenvalue weighted by molar-refractivity contribution is 7.89. The minimum atomic E-state index is -3.84. The molecule has 0 saturated carbocycles. The van der Waals surface area contributed by atoms with E-state index in [4.69, 9.17) is 23.2 Å². The molecule has 5 nitrogen and oxygen atoms in total. The molecule has 0 aliphatic rings. The van der Waals surface area contributed by atoms with E-state index in [1.54, 1.807) is 11.3 Å². The summed E-state index contributed by atoms with van der Waals surface area (Å²) in [5, 5.41) is 2.81. The highest BCUT2D eigenvalue weighted by Crippen LogP contribution is 2.29. The summed E-state index contributed by atoms with van der Waals surface area (Å²) in [6.45, 7) is 6.35. The number of nitrogens with one attached hydrogen (secondary N) is 2. The molecule has 0 atom stereocenters. The van der Waals surface area contributed by atoms with Crippen molar-refractivity contribution in [3.63, 3.8) is 0 Å². The van der Waals surface area contributed by atoms with Gasteiger partial charge in [-0.15, -0.1) is 11.3 Å². The quantitative estimate of drug-likeness (QED) is 0.684. The summed E-state index contributed by atoms with van der Waals surface area (Å²) < 4.78 is 27.4. The van der Waals surface area contributed by atoms with Gasteiger partial charge in [-0.3, -0.25) is 4.79 Å². The van der Waals surface area contributed by atoms with Gasteiger partial charge >= 0.3 is 0 Å². The van der Waals surface area contributed by atoms with Crippen LogP contribution in [0.15, 0.2) is 29.2 Å². The van der Waals surface area contributed by atoms with E-state index in [2.05, 4.69) is 10.0 Å². The molecule has 0 unspecified atom stereocenters. The summed E-state index contributed by atoms with van der Waals surface area (Å²) in [5.74, 6) is -0.328. The summed E-state index contributed by atoms with van der Waals surface area (Å²) in [6, 6.07) is 6.38. The minimum Gasteiger partial charge on any atom is -0.347 e. The van der Waals surface area contributed by atoms with E-state index < -0.39 is 15.9 Å². The van der Waals surface area contributed by atoms with Crippen LogP contribution >= 0.6 is 34.5 Å². The first kappa shape index (κ1) is 21.2. The Morgan fingerprint density at radius 3 is 2.46 bits per heavy atom. The molecule has 0 aliphatic carbocycles. The van der Waals surface area contributed by atoms with Gasteiger partial charge in [-0.05, 0) is 37.1 Å². The van der Waals surface area contributed by atoms with E-state index in [9.17, 15) is 13.2 Å². The molecule has 1 heterocycles. The third kappa shape index (κ3) is 5.44. The topological polar surface area (TPSA) is 75.3 Å². The van der Waals surface area contributed by atoms with Crippen molar-refractivity contribution >= 4 is 50.5 Å². The number of carbonyl (C=O) groups excluding carboxylic acids is 1. The second-order valence-corrected chi connectivity index (χ2v) is 10.1. The standard InChI is InChI=1S/C17H20Cl2N2O3S2/c1-10(2)8-21-26(23,24)16-6-13(14(18)7-15(16)19)17(22)20-9-12-5-4-11(3)25-12/h4-7,10,21H,8-9H2,1-3H3,(H,20,22). The van der Waals surface area contributed by atoms with Crippen molar-refractivity contribution in [1.82, 2.24) is 10.0 Å². The fourth-order valence-corrected chi connectivity index (χ4v) is 5.01. The molecule has 9 heteroatoms. The van der Waals surface area contributed by atoms with Crippen LogP contribution in [-0.2, 0) is 16.6 Å². The SMILES string of the molecule is Cc1ccc(CNC(=O)c2cc(S(=O)(=O)NCC(C)C)c(Cl)cc2Cl)s1. The van der Waals surface area contributed by atoms with Gasteiger partial charge in [0.1, 0.15) is 4.90 Å².